The molecule has 6 nitrogen and oxygen atoms in total. The number of hydrogen-bond acceptors (Lipinski definition) is 4. The van der Waals surface area contributed by atoms with Gasteiger partial charge in [0.05, 0.1) is 18.1 Å². The zero-order valence-electron chi connectivity index (χ0n) is 12.3. The highest BCUT2D eigenvalue weighted by molar-refractivity contribution is 7.83. The fraction of sp³-hybridized carbons (Fsp3) is 0. The Bertz CT molecular complexity index is 963. The number of carbonyl (C=O) groups excluding carboxylic acids is 1. The molecule has 0 fully saturated rings. The van der Waals surface area contributed by atoms with Crippen LogP contribution in [0.25, 0.3) is 0 Å². The minimum atomic E-state index is -2.26. The van der Waals surface area contributed by atoms with E-state index in [0.29, 0.717) is 6.07 Å². The van der Waals surface area contributed by atoms with Gasteiger partial charge in [0.2, 0.25) is 0 Å². The predicted molar refractivity (Wildman–Crippen MR) is 82.5 cm³/mol. The summed E-state index contributed by atoms with van der Waals surface area (Å²) in [5.74, 6) is -5.19. The Morgan fingerprint density at radius 3 is 2.64 bits per heavy atom. The molecule has 0 aliphatic rings. The lowest BCUT2D eigenvalue weighted by Crippen LogP contribution is -2.13. The number of benzene rings is 1. The van der Waals surface area contributed by atoms with Crippen molar-refractivity contribution in [3.63, 3.8) is 0 Å². The van der Waals surface area contributed by atoms with E-state index in [1.807, 2.05) is 0 Å². The maximum absolute atomic E-state index is 13.7. The van der Waals surface area contributed by atoms with Crippen molar-refractivity contribution in [2.75, 3.05) is 5.32 Å². The van der Waals surface area contributed by atoms with Gasteiger partial charge in [-0.15, -0.1) is 0 Å². The van der Waals surface area contributed by atoms with Gasteiger partial charge < -0.3 is 5.32 Å². The van der Waals surface area contributed by atoms with Crippen LogP contribution in [0.3, 0.4) is 0 Å². The number of halogens is 3. The minimum absolute atomic E-state index is 0.156. The molecule has 0 saturated carbocycles. The van der Waals surface area contributed by atoms with Gasteiger partial charge in [0.25, 0.3) is 5.91 Å². The molecule has 1 aromatic carbocycles. The third-order valence-corrected chi connectivity index (χ3v) is 4.30. The van der Waals surface area contributed by atoms with Crippen LogP contribution in [0.15, 0.2) is 53.8 Å². The monoisotopic (exact) mass is 366 g/mol. The first-order valence-corrected chi connectivity index (χ1v) is 7.91. The Balaban J connectivity index is 1.81. The van der Waals surface area contributed by atoms with E-state index in [0.717, 1.165) is 16.4 Å². The second kappa shape index (κ2) is 6.85. The van der Waals surface area contributed by atoms with Crippen molar-refractivity contribution < 1.29 is 22.2 Å². The van der Waals surface area contributed by atoms with Crippen molar-refractivity contribution in [2.45, 2.75) is 4.90 Å². The molecular weight excluding hydrogens is 357 g/mol. The average molecular weight is 366 g/mol. The summed E-state index contributed by atoms with van der Waals surface area (Å²) in [7, 11) is -2.26. The molecule has 0 saturated heterocycles. The van der Waals surface area contributed by atoms with E-state index in [1.165, 1.54) is 18.5 Å². The first-order chi connectivity index (χ1) is 12.0. The molecule has 1 N–H and O–H groups in total. The molecule has 3 aromatic rings. The van der Waals surface area contributed by atoms with E-state index >= 15 is 0 Å². The van der Waals surface area contributed by atoms with Gasteiger partial charge in [-0.05, 0) is 24.3 Å². The van der Waals surface area contributed by atoms with Crippen LogP contribution in [-0.4, -0.2) is 24.3 Å². The summed E-state index contributed by atoms with van der Waals surface area (Å²) in [6.45, 7) is 0. The predicted octanol–water partition coefficient (Wildman–Crippen LogP) is 2.52. The Hall–Kier alpha value is -3.01. The Morgan fingerprint density at radius 1 is 1.12 bits per heavy atom. The van der Waals surface area contributed by atoms with Gasteiger partial charge in [0, 0.05) is 6.20 Å². The molecule has 25 heavy (non-hydrogen) atoms. The van der Waals surface area contributed by atoms with Crippen LogP contribution < -0.4 is 5.32 Å². The number of aromatic nitrogens is 3. The van der Waals surface area contributed by atoms with Crippen LogP contribution in [0.5, 0.6) is 0 Å². The molecule has 1 amide bonds. The Morgan fingerprint density at radius 2 is 1.92 bits per heavy atom. The number of anilines is 1. The van der Waals surface area contributed by atoms with Gasteiger partial charge in [-0.1, -0.05) is 6.07 Å². The number of nitrogens with one attached hydrogen (secondary N) is 1. The summed E-state index contributed by atoms with van der Waals surface area (Å²) in [5, 5.41) is 6.20. The highest BCUT2D eigenvalue weighted by Crippen LogP contribution is 2.20. The van der Waals surface area contributed by atoms with Crippen LogP contribution in [0.1, 0.15) is 10.5 Å². The van der Waals surface area contributed by atoms with Gasteiger partial charge in [-0.3, -0.25) is 9.78 Å². The van der Waals surface area contributed by atoms with Gasteiger partial charge in [0.15, 0.2) is 28.4 Å². The van der Waals surface area contributed by atoms with Crippen molar-refractivity contribution >= 4 is 22.6 Å². The molecule has 0 aliphatic carbocycles. The Labute approximate surface area is 141 Å². The third kappa shape index (κ3) is 3.43. The third-order valence-electron chi connectivity index (χ3n) is 3.07. The van der Waals surface area contributed by atoms with Crippen LogP contribution in [0.2, 0.25) is 0 Å². The van der Waals surface area contributed by atoms with E-state index in [4.69, 9.17) is 0 Å². The van der Waals surface area contributed by atoms with Crippen LogP contribution in [0, 0.1) is 17.5 Å². The summed E-state index contributed by atoms with van der Waals surface area (Å²) in [5.41, 5.74) is 0.329. The van der Waals surface area contributed by atoms with Crippen LogP contribution in [0.4, 0.5) is 18.9 Å². The zero-order valence-corrected chi connectivity index (χ0v) is 13.1. The molecular formula is C15H9F3N4O2S. The lowest BCUT2D eigenvalue weighted by molar-refractivity contribution is 0.102. The second-order valence-electron chi connectivity index (χ2n) is 4.72. The average Bonchev–Trinajstić information content (AvgIpc) is 3.08. The standard InChI is InChI=1S/C15H9F3N4O2S/c16-10-4-5-12(14(18)13(10)17)25(24)22-8-9(7-20-22)21-15(23)11-3-1-2-6-19-11/h1-8H,(H,21,23). The van der Waals surface area contributed by atoms with E-state index in [9.17, 15) is 22.2 Å². The first-order valence-electron chi connectivity index (χ1n) is 6.80. The number of nitrogens with zero attached hydrogens (tertiary/aromatic N) is 3. The molecule has 10 heteroatoms. The van der Waals surface area contributed by atoms with E-state index in [-0.39, 0.29) is 11.4 Å². The molecule has 1 unspecified atom stereocenters. The zero-order chi connectivity index (χ0) is 18.0. The molecule has 0 radical (unpaired) electrons. The molecule has 0 aliphatic heterocycles. The fourth-order valence-electron chi connectivity index (χ4n) is 1.90. The molecule has 1 atom stereocenters. The van der Waals surface area contributed by atoms with Gasteiger partial charge in [0.1, 0.15) is 10.6 Å². The summed E-state index contributed by atoms with van der Waals surface area (Å²) in [4.78, 5) is 15.3. The molecule has 128 valence electrons. The number of rotatable bonds is 4. The quantitative estimate of drug-likeness (QED) is 0.720. The maximum Gasteiger partial charge on any atom is 0.274 e. The SMILES string of the molecule is O=C(Nc1cnn(S(=O)c2ccc(F)c(F)c2F)c1)c1ccccn1. The first kappa shape index (κ1) is 16.8. The molecule has 2 aromatic heterocycles. The van der Waals surface area contributed by atoms with Crippen molar-refractivity contribution in [1.82, 2.24) is 14.2 Å². The number of amides is 1. The van der Waals surface area contributed by atoms with Gasteiger partial charge in [-0.25, -0.2) is 17.4 Å². The second-order valence-corrected chi connectivity index (χ2v) is 6.04. The van der Waals surface area contributed by atoms with Crippen molar-refractivity contribution in [2.24, 2.45) is 0 Å². The van der Waals surface area contributed by atoms with Crippen molar-refractivity contribution in [3.8, 4) is 0 Å². The maximum atomic E-state index is 13.7. The minimum Gasteiger partial charge on any atom is -0.318 e. The number of carbonyl (C=O) groups is 1. The number of hydrogen-bond donors (Lipinski definition) is 1. The Kier molecular flexibility index (Phi) is 4.61. The number of pyridine rings is 1. The summed E-state index contributed by atoms with van der Waals surface area (Å²) < 4.78 is 53.0. The highest BCUT2D eigenvalue weighted by Gasteiger charge is 2.20. The smallest absolute Gasteiger partial charge is 0.274 e. The summed E-state index contributed by atoms with van der Waals surface area (Å²) in [6.07, 6.45) is 3.79. The molecule has 0 spiro atoms. The molecule has 2 heterocycles. The lowest BCUT2D eigenvalue weighted by Gasteiger charge is -2.04. The molecule has 0 bridgehead atoms. The normalized spacial score (nSPS) is 12.0. The van der Waals surface area contributed by atoms with E-state index < -0.39 is 39.2 Å². The highest BCUT2D eigenvalue weighted by atomic mass is 32.2. The topological polar surface area (TPSA) is 76.9 Å². The van der Waals surface area contributed by atoms with Crippen molar-refractivity contribution in [3.05, 3.63) is 72.1 Å². The molecule has 3 rings (SSSR count). The van der Waals surface area contributed by atoms with Gasteiger partial charge in [-0.2, -0.15) is 9.19 Å². The van der Waals surface area contributed by atoms with E-state index in [2.05, 4.69) is 15.4 Å². The van der Waals surface area contributed by atoms with E-state index in [1.54, 1.807) is 12.1 Å². The largest absolute Gasteiger partial charge is 0.318 e. The van der Waals surface area contributed by atoms with Crippen LogP contribution >= 0.6 is 0 Å². The summed E-state index contributed by atoms with van der Waals surface area (Å²) in [6, 6.07) is 6.30. The van der Waals surface area contributed by atoms with Gasteiger partial charge >= 0.3 is 0 Å². The van der Waals surface area contributed by atoms with Crippen LogP contribution in [-0.2, 0) is 11.0 Å². The summed E-state index contributed by atoms with van der Waals surface area (Å²) >= 11 is 0. The fourth-order valence-corrected chi connectivity index (χ4v) is 2.87. The lowest BCUT2D eigenvalue weighted by atomic mass is 10.3. The van der Waals surface area contributed by atoms with Crippen molar-refractivity contribution in [1.29, 1.82) is 0 Å².